The fourth-order valence-electron chi connectivity index (χ4n) is 1.47. The van der Waals surface area contributed by atoms with Crippen LogP contribution in [0, 0.1) is 0 Å². The Bertz CT molecular complexity index is 373. The molecule has 1 unspecified atom stereocenters. The second-order valence-electron chi connectivity index (χ2n) is 3.85. The van der Waals surface area contributed by atoms with Gasteiger partial charge in [0.25, 0.3) is 0 Å². The Kier molecular flexibility index (Phi) is 5.43. The molecule has 0 aliphatic rings. The first-order valence-electron chi connectivity index (χ1n) is 5.71. The number of methoxy groups -OCH3 is 1. The van der Waals surface area contributed by atoms with Crippen molar-refractivity contribution < 1.29 is 9.53 Å². The summed E-state index contributed by atoms with van der Waals surface area (Å²) in [4.78, 5) is 11.7. The molecule has 3 nitrogen and oxygen atoms in total. The van der Waals surface area contributed by atoms with Gasteiger partial charge in [0.15, 0.2) is 0 Å². The molecule has 0 aromatic heterocycles. The van der Waals surface area contributed by atoms with E-state index in [1.165, 1.54) is 7.11 Å². The van der Waals surface area contributed by atoms with E-state index in [1.807, 2.05) is 37.3 Å². The molecule has 0 bridgehead atoms. The molecule has 0 aliphatic heterocycles. The Morgan fingerprint density at radius 2 is 2.06 bits per heavy atom. The van der Waals surface area contributed by atoms with Crippen LogP contribution in [0.1, 0.15) is 24.9 Å². The topological polar surface area (TPSA) is 38.3 Å². The van der Waals surface area contributed by atoms with Crippen molar-refractivity contribution in [2.75, 3.05) is 13.7 Å². The van der Waals surface area contributed by atoms with E-state index in [4.69, 9.17) is 4.74 Å². The first kappa shape index (κ1) is 13.5. The molecule has 0 spiro atoms. The summed E-state index contributed by atoms with van der Waals surface area (Å²) >= 11 is 0. The molecule has 0 aliphatic carbocycles. The van der Waals surface area contributed by atoms with E-state index in [1.54, 1.807) is 0 Å². The van der Waals surface area contributed by atoms with Crippen LogP contribution in [0.5, 0.6) is 0 Å². The van der Waals surface area contributed by atoms with E-state index < -0.39 is 6.04 Å². The highest BCUT2D eigenvalue weighted by atomic mass is 16.5. The molecule has 1 N–H and O–H groups in total. The number of nitrogens with one attached hydrogen (secondary N) is 1. The van der Waals surface area contributed by atoms with Crippen LogP contribution >= 0.6 is 0 Å². The Morgan fingerprint density at radius 3 is 2.59 bits per heavy atom. The van der Waals surface area contributed by atoms with Crippen molar-refractivity contribution in [2.45, 2.75) is 19.4 Å². The Morgan fingerprint density at radius 1 is 1.41 bits per heavy atom. The van der Waals surface area contributed by atoms with E-state index >= 15 is 0 Å². The van der Waals surface area contributed by atoms with Crippen molar-refractivity contribution in [3.63, 3.8) is 0 Å². The van der Waals surface area contributed by atoms with Gasteiger partial charge in [0, 0.05) is 6.54 Å². The molecule has 0 radical (unpaired) electrons. The maximum Gasteiger partial charge on any atom is 0.327 e. The van der Waals surface area contributed by atoms with Crippen LogP contribution < -0.4 is 5.32 Å². The summed E-state index contributed by atoms with van der Waals surface area (Å²) in [6.45, 7) is 6.57. The summed E-state index contributed by atoms with van der Waals surface area (Å²) in [6, 6.07) is 9.11. The summed E-state index contributed by atoms with van der Waals surface area (Å²) in [5.41, 5.74) is 1.97. The van der Waals surface area contributed by atoms with Gasteiger partial charge in [-0.15, -0.1) is 0 Å². The van der Waals surface area contributed by atoms with Gasteiger partial charge in [0.1, 0.15) is 6.04 Å². The number of benzene rings is 1. The van der Waals surface area contributed by atoms with E-state index in [2.05, 4.69) is 11.9 Å². The van der Waals surface area contributed by atoms with Gasteiger partial charge in [0.05, 0.1) is 7.11 Å². The number of carbonyl (C=O) groups excluding carboxylic acids is 1. The lowest BCUT2D eigenvalue weighted by molar-refractivity contribution is -0.143. The minimum absolute atomic E-state index is 0.278. The molecule has 0 heterocycles. The SMILES string of the molecule is C=C(CC)CNC(C(=O)OC)c1ccccc1. The molecule has 1 aromatic rings. The molecule has 1 atom stereocenters. The first-order valence-corrected chi connectivity index (χ1v) is 5.71. The molecule has 0 saturated heterocycles. The van der Waals surface area contributed by atoms with Crippen LogP contribution in [0.4, 0.5) is 0 Å². The van der Waals surface area contributed by atoms with Crippen LogP contribution in [0.25, 0.3) is 0 Å². The molecular weight excluding hydrogens is 214 g/mol. The highest BCUT2D eigenvalue weighted by Crippen LogP contribution is 2.14. The van der Waals surface area contributed by atoms with Crippen molar-refractivity contribution >= 4 is 5.97 Å². The van der Waals surface area contributed by atoms with Crippen molar-refractivity contribution in [3.8, 4) is 0 Å². The lowest BCUT2D eigenvalue weighted by atomic mass is 10.1. The van der Waals surface area contributed by atoms with Gasteiger partial charge in [-0.25, -0.2) is 4.79 Å². The van der Waals surface area contributed by atoms with Gasteiger partial charge in [0.2, 0.25) is 0 Å². The van der Waals surface area contributed by atoms with Crippen LogP contribution in [-0.2, 0) is 9.53 Å². The molecule has 1 rings (SSSR count). The first-order chi connectivity index (χ1) is 8.19. The summed E-state index contributed by atoms with van der Waals surface area (Å²) in [7, 11) is 1.40. The van der Waals surface area contributed by atoms with Crippen LogP contribution in [-0.4, -0.2) is 19.6 Å². The highest BCUT2D eigenvalue weighted by Gasteiger charge is 2.20. The third kappa shape index (κ3) is 4.04. The lowest BCUT2D eigenvalue weighted by Gasteiger charge is -2.17. The molecule has 1 aromatic carbocycles. The summed E-state index contributed by atoms with van der Waals surface area (Å²) in [5.74, 6) is -0.278. The molecule has 92 valence electrons. The van der Waals surface area contributed by atoms with Crippen LogP contribution in [0.15, 0.2) is 42.5 Å². The highest BCUT2D eigenvalue weighted by molar-refractivity contribution is 5.77. The smallest absolute Gasteiger partial charge is 0.327 e. The normalized spacial score (nSPS) is 11.9. The quantitative estimate of drug-likeness (QED) is 0.606. The third-order valence-corrected chi connectivity index (χ3v) is 2.63. The van der Waals surface area contributed by atoms with E-state index in [0.717, 1.165) is 17.6 Å². The van der Waals surface area contributed by atoms with Crippen LogP contribution in [0.2, 0.25) is 0 Å². The fraction of sp³-hybridized carbons (Fsp3) is 0.357. The monoisotopic (exact) mass is 233 g/mol. The van der Waals surface area contributed by atoms with Gasteiger partial charge < -0.3 is 4.74 Å². The number of hydrogen-bond acceptors (Lipinski definition) is 3. The summed E-state index contributed by atoms with van der Waals surface area (Å²) in [6.07, 6.45) is 0.898. The molecule has 0 saturated carbocycles. The van der Waals surface area contributed by atoms with E-state index in [9.17, 15) is 4.79 Å². The van der Waals surface area contributed by atoms with Crippen LogP contribution in [0.3, 0.4) is 0 Å². The second kappa shape index (κ2) is 6.86. The Hall–Kier alpha value is -1.61. The number of rotatable bonds is 6. The standard InChI is InChI=1S/C14H19NO2/c1-4-11(2)10-15-13(14(16)17-3)12-8-6-5-7-9-12/h5-9,13,15H,2,4,10H2,1,3H3. The van der Waals surface area contributed by atoms with Crippen molar-refractivity contribution in [1.29, 1.82) is 0 Å². The number of ether oxygens (including phenoxy) is 1. The largest absolute Gasteiger partial charge is 0.468 e. The lowest BCUT2D eigenvalue weighted by Crippen LogP contribution is -2.30. The zero-order chi connectivity index (χ0) is 12.7. The van der Waals surface area contributed by atoms with Gasteiger partial charge >= 0.3 is 5.97 Å². The minimum Gasteiger partial charge on any atom is -0.468 e. The molecule has 3 heteroatoms. The van der Waals surface area contributed by atoms with Gasteiger partial charge in [-0.05, 0) is 12.0 Å². The van der Waals surface area contributed by atoms with Gasteiger partial charge in [-0.3, -0.25) is 5.32 Å². The zero-order valence-electron chi connectivity index (χ0n) is 10.4. The number of carbonyl (C=O) groups is 1. The zero-order valence-corrected chi connectivity index (χ0v) is 10.4. The molecule has 17 heavy (non-hydrogen) atoms. The molecular formula is C14H19NO2. The maximum atomic E-state index is 11.7. The molecule has 0 amide bonds. The van der Waals surface area contributed by atoms with Gasteiger partial charge in [-0.2, -0.15) is 0 Å². The predicted molar refractivity (Wildman–Crippen MR) is 68.6 cm³/mol. The predicted octanol–water partition coefficient (Wildman–Crippen LogP) is 2.46. The van der Waals surface area contributed by atoms with Crippen molar-refractivity contribution in [3.05, 3.63) is 48.0 Å². The number of hydrogen-bond donors (Lipinski definition) is 1. The Balaban J connectivity index is 2.75. The van der Waals surface area contributed by atoms with Crippen molar-refractivity contribution in [1.82, 2.24) is 5.32 Å². The van der Waals surface area contributed by atoms with Gasteiger partial charge in [-0.1, -0.05) is 49.4 Å². The fourth-order valence-corrected chi connectivity index (χ4v) is 1.47. The number of esters is 1. The second-order valence-corrected chi connectivity index (χ2v) is 3.85. The third-order valence-electron chi connectivity index (χ3n) is 2.63. The molecule has 0 fully saturated rings. The average molecular weight is 233 g/mol. The average Bonchev–Trinajstić information content (AvgIpc) is 2.39. The Labute approximate surface area is 102 Å². The minimum atomic E-state index is -0.426. The van der Waals surface area contributed by atoms with Crippen molar-refractivity contribution in [2.24, 2.45) is 0 Å². The summed E-state index contributed by atoms with van der Waals surface area (Å²) in [5, 5.41) is 3.16. The summed E-state index contributed by atoms with van der Waals surface area (Å²) < 4.78 is 4.80. The van der Waals surface area contributed by atoms with E-state index in [0.29, 0.717) is 6.54 Å². The maximum absolute atomic E-state index is 11.7. The van der Waals surface area contributed by atoms with E-state index in [-0.39, 0.29) is 5.97 Å².